The van der Waals surface area contributed by atoms with E-state index in [0.29, 0.717) is 5.92 Å². The number of nitrogens with zero attached hydrogens (tertiary/aromatic N) is 1. The molecule has 0 amide bonds. The van der Waals surface area contributed by atoms with Crippen molar-refractivity contribution in [3.63, 3.8) is 0 Å². The lowest BCUT2D eigenvalue weighted by Gasteiger charge is -2.13. The molecule has 2 aromatic rings. The molecule has 0 saturated carbocycles. The summed E-state index contributed by atoms with van der Waals surface area (Å²) in [6.07, 6.45) is 0.778. The van der Waals surface area contributed by atoms with E-state index >= 15 is 0 Å². The second-order valence-electron chi connectivity index (χ2n) is 5.64. The molecule has 0 spiro atoms. The summed E-state index contributed by atoms with van der Waals surface area (Å²) < 4.78 is 0. The standard InChI is InChI=1S/C19H21N/c1-14(2)17-10-8-16(9-11-17)12-18(13-20)19-7-5-4-6-15(19)3/h4-11,14,18H,12H2,1-3H3. The normalized spacial score (nSPS) is 12.2. The maximum atomic E-state index is 9.46. The highest BCUT2D eigenvalue weighted by atomic mass is 14.3. The second-order valence-corrected chi connectivity index (χ2v) is 5.64. The first-order chi connectivity index (χ1) is 9.61. The van der Waals surface area contributed by atoms with Gasteiger partial charge in [0.05, 0.1) is 12.0 Å². The van der Waals surface area contributed by atoms with Crippen LogP contribution in [0.15, 0.2) is 48.5 Å². The van der Waals surface area contributed by atoms with E-state index in [-0.39, 0.29) is 5.92 Å². The summed E-state index contributed by atoms with van der Waals surface area (Å²) in [7, 11) is 0. The van der Waals surface area contributed by atoms with Gasteiger partial charge in [0.15, 0.2) is 0 Å². The van der Waals surface area contributed by atoms with Gasteiger partial charge in [-0.05, 0) is 41.5 Å². The van der Waals surface area contributed by atoms with Crippen molar-refractivity contribution in [2.45, 2.75) is 39.0 Å². The Kier molecular flexibility index (Phi) is 4.58. The molecule has 0 N–H and O–H groups in total. The number of nitriles is 1. The minimum atomic E-state index is -0.0684. The van der Waals surface area contributed by atoms with Crippen LogP contribution < -0.4 is 0 Å². The van der Waals surface area contributed by atoms with Crippen LogP contribution in [0.1, 0.15) is 47.9 Å². The Bertz CT molecular complexity index is 602. The maximum absolute atomic E-state index is 9.46. The SMILES string of the molecule is Cc1ccccc1C(C#N)Cc1ccc(C(C)C)cc1. The van der Waals surface area contributed by atoms with Crippen LogP contribution >= 0.6 is 0 Å². The first-order valence-corrected chi connectivity index (χ1v) is 7.15. The van der Waals surface area contributed by atoms with E-state index in [4.69, 9.17) is 0 Å². The third-order valence-corrected chi connectivity index (χ3v) is 3.81. The lowest BCUT2D eigenvalue weighted by molar-refractivity contribution is 0.833. The first-order valence-electron chi connectivity index (χ1n) is 7.15. The lowest BCUT2D eigenvalue weighted by Crippen LogP contribution is -2.02. The topological polar surface area (TPSA) is 23.8 Å². The van der Waals surface area contributed by atoms with Crippen LogP contribution in [-0.2, 0) is 6.42 Å². The Morgan fingerprint density at radius 3 is 2.20 bits per heavy atom. The molecule has 0 aliphatic rings. The Morgan fingerprint density at radius 1 is 1.00 bits per heavy atom. The average molecular weight is 263 g/mol. The van der Waals surface area contributed by atoms with E-state index in [1.54, 1.807) is 0 Å². The van der Waals surface area contributed by atoms with Crippen molar-refractivity contribution < 1.29 is 0 Å². The Labute approximate surface area is 121 Å². The van der Waals surface area contributed by atoms with Crippen LogP contribution in [0.3, 0.4) is 0 Å². The monoisotopic (exact) mass is 263 g/mol. The van der Waals surface area contributed by atoms with Crippen LogP contribution in [0, 0.1) is 18.3 Å². The molecular weight excluding hydrogens is 242 g/mol. The maximum Gasteiger partial charge on any atom is 0.0755 e. The highest BCUT2D eigenvalue weighted by molar-refractivity contribution is 5.35. The van der Waals surface area contributed by atoms with Gasteiger partial charge in [0.25, 0.3) is 0 Å². The number of hydrogen-bond donors (Lipinski definition) is 0. The minimum absolute atomic E-state index is 0.0684. The zero-order valence-electron chi connectivity index (χ0n) is 12.4. The van der Waals surface area contributed by atoms with Crippen LogP contribution in [0.2, 0.25) is 0 Å². The molecule has 0 aromatic heterocycles. The highest BCUT2D eigenvalue weighted by Crippen LogP contribution is 2.24. The lowest BCUT2D eigenvalue weighted by atomic mass is 9.89. The number of aryl methyl sites for hydroxylation is 1. The Balaban J connectivity index is 2.19. The summed E-state index contributed by atoms with van der Waals surface area (Å²) in [5.74, 6) is 0.480. The minimum Gasteiger partial charge on any atom is -0.198 e. The first kappa shape index (κ1) is 14.3. The molecule has 0 heterocycles. The van der Waals surface area contributed by atoms with Gasteiger partial charge in [-0.15, -0.1) is 0 Å². The predicted molar refractivity (Wildman–Crippen MR) is 83.8 cm³/mol. The fourth-order valence-corrected chi connectivity index (χ4v) is 2.48. The van der Waals surface area contributed by atoms with Gasteiger partial charge in [0.2, 0.25) is 0 Å². The van der Waals surface area contributed by atoms with Gasteiger partial charge in [-0.2, -0.15) is 5.26 Å². The molecule has 0 radical (unpaired) electrons. The van der Waals surface area contributed by atoms with E-state index < -0.39 is 0 Å². The van der Waals surface area contributed by atoms with E-state index in [1.165, 1.54) is 16.7 Å². The van der Waals surface area contributed by atoms with Crippen molar-refractivity contribution in [3.8, 4) is 6.07 Å². The molecule has 20 heavy (non-hydrogen) atoms. The van der Waals surface area contributed by atoms with Gasteiger partial charge in [-0.3, -0.25) is 0 Å². The zero-order chi connectivity index (χ0) is 14.5. The van der Waals surface area contributed by atoms with Crippen molar-refractivity contribution in [3.05, 3.63) is 70.8 Å². The molecule has 1 atom stereocenters. The fourth-order valence-electron chi connectivity index (χ4n) is 2.48. The number of rotatable bonds is 4. The van der Waals surface area contributed by atoms with Gasteiger partial charge in [0.1, 0.15) is 0 Å². The molecule has 1 nitrogen and oxygen atoms in total. The third-order valence-electron chi connectivity index (χ3n) is 3.81. The molecule has 0 bridgehead atoms. The fraction of sp³-hybridized carbons (Fsp3) is 0.316. The van der Waals surface area contributed by atoms with Crippen molar-refractivity contribution in [2.75, 3.05) is 0 Å². The largest absolute Gasteiger partial charge is 0.198 e. The molecule has 0 saturated heterocycles. The van der Waals surface area contributed by atoms with Crippen molar-refractivity contribution >= 4 is 0 Å². The molecular formula is C19H21N. The van der Waals surface area contributed by atoms with Gasteiger partial charge in [0, 0.05) is 0 Å². The van der Waals surface area contributed by atoms with Crippen LogP contribution in [0.25, 0.3) is 0 Å². The molecule has 0 aliphatic carbocycles. The molecule has 0 aliphatic heterocycles. The smallest absolute Gasteiger partial charge is 0.0755 e. The summed E-state index contributed by atoms with van der Waals surface area (Å²) >= 11 is 0. The molecule has 102 valence electrons. The Hall–Kier alpha value is -2.07. The number of hydrogen-bond acceptors (Lipinski definition) is 1. The van der Waals surface area contributed by atoms with Crippen molar-refractivity contribution in [2.24, 2.45) is 0 Å². The van der Waals surface area contributed by atoms with Gasteiger partial charge >= 0.3 is 0 Å². The third kappa shape index (κ3) is 3.27. The predicted octanol–water partition coefficient (Wildman–Crippen LogP) is 4.97. The average Bonchev–Trinajstić information content (AvgIpc) is 2.46. The summed E-state index contributed by atoms with van der Waals surface area (Å²) in [6.45, 7) is 6.46. The van der Waals surface area contributed by atoms with Crippen molar-refractivity contribution in [1.29, 1.82) is 5.26 Å². The summed E-state index contributed by atoms with van der Waals surface area (Å²) in [4.78, 5) is 0. The van der Waals surface area contributed by atoms with Gasteiger partial charge in [-0.25, -0.2) is 0 Å². The van der Waals surface area contributed by atoms with Crippen LogP contribution in [0.5, 0.6) is 0 Å². The quantitative estimate of drug-likeness (QED) is 0.764. The van der Waals surface area contributed by atoms with Crippen LogP contribution in [0.4, 0.5) is 0 Å². The van der Waals surface area contributed by atoms with Crippen LogP contribution in [-0.4, -0.2) is 0 Å². The summed E-state index contributed by atoms with van der Waals surface area (Å²) in [5, 5.41) is 9.46. The van der Waals surface area contributed by atoms with E-state index in [9.17, 15) is 5.26 Å². The second kappa shape index (κ2) is 6.39. The molecule has 1 unspecified atom stereocenters. The molecule has 2 aromatic carbocycles. The van der Waals surface area contributed by atoms with E-state index in [2.05, 4.69) is 63.2 Å². The molecule has 1 heteroatoms. The molecule has 2 rings (SSSR count). The van der Waals surface area contributed by atoms with E-state index in [0.717, 1.165) is 12.0 Å². The highest BCUT2D eigenvalue weighted by Gasteiger charge is 2.13. The Morgan fingerprint density at radius 2 is 1.65 bits per heavy atom. The van der Waals surface area contributed by atoms with Crippen molar-refractivity contribution in [1.82, 2.24) is 0 Å². The van der Waals surface area contributed by atoms with E-state index in [1.807, 2.05) is 12.1 Å². The van der Waals surface area contributed by atoms with Gasteiger partial charge < -0.3 is 0 Å². The summed E-state index contributed by atoms with van der Waals surface area (Å²) in [6, 6.07) is 19.3. The zero-order valence-corrected chi connectivity index (χ0v) is 12.4. The number of benzene rings is 2. The molecule has 0 fully saturated rings. The summed E-state index contributed by atoms with van der Waals surface area (Å²) in [5.41, 5.74) is 4.91. The van der Waals surface area contributed by atoms with Gasteiger partial charge in [-0.1, -0.05) is 62.4 Å².